The maximum atomic E-state index is 3.60. The predicted molar refractivity (Wildman–Crippen MR) is 181 cm³/mol. The number of rotatable bonds is 7. The van der Waals surface area contributed by atoms with Gasteiger partial charge in [0.15, 0.2) is 0 Å². The zero-order chi connectivity index (χ0) is 28.5. The van der Waals surface area contributed by atoms with Crippen LogP contribution >= 0.6 is 0 Å². The van der Waals surface area contributed by atoms with Crippen LogP contribution in [0.5, 0.6) is 0 Å². The van der Waals surface area contributed by atoms with Crippen molar-refractivity contribution in [1.82, 2.24) is 0 Å². The van der Waals surface area contributed by atoms with Gasteiger partial charge in [0.05, 0.1) is 0 Å². The van der Waals surface area contributed by atoms with E-state index in [2.05, 4.69) is 126 Å². The zero-order valence-electron chi connectivity index (χ0n) is 25.7. The second-order valence-corrected chi connectivity index (χ2v) is 10.7. The molecule has 210 valence electrons. The van der Waals surface area contributed by atoms with Crippen molar-refractivity contribution in [2.45, 2.75) is 79.1 Å². The Bertz CT molecular complexity index is 1530. The van der Waals surface area contributed by atoms with Gasteiger partial charge in [-0.15, -0.1) is 56.9 Å². The van der Waals surface area contributed by atoms with Gasteiger partial charge in [0.25, 0.3) is 0 Å². The van der Waals surface area contributed by atoms with E-state index in [4.69, 9.17) is 0 Å². The van der Waals surface area contributed by atoms with Gasteiger partial charge in [0.2, 0.25) is 0 Å². The zero-order valence-corrected chi connectivity index (χ0v) is 28.1. The van der Waals surface area contributed by atoms with Gasteiger partial charge in [-0.25, -0.2) is 0 Å². The van der Waals surface area contributed by atoms with Crippen molar-refractivity contribution in [3.8, 4) is 0 Å². The van der Waals surface area contributed by atoms with E-state index in [9.17, 15) is 0 Å². The van der Waals surface area contributed by atoms with Crippen LogP contribution in [0.3, 0.4) is 0 Å². The molecular formula is C40H46Zr. The minimum atomic E-state index is 0. The Morgan fingerprint density at radius 2 is 0.902 bits per heavy atom. The summed E-state index contributed by atoms with van der Waals surface area (Å²) in [6.45, 7) is 16.0. The summed E-state index contributed by atoms with van der Waals surface area (Å²) in [7, 11) is 0. The van der Waals surface area contributed by atoms with Crippen molar-refractivity contribution < 1.29 is 26.2 Å². The fourth-order valence-corrected chi connectivity index (χ4v) is 5.81. The minimum Gasteiger partial charge on any atom is -0.343 e. The Morgan fingerprint density at radius 3 is 1.24 bits per heavy atom. The molecule has 0 unspecified atom stereocenters. The summed E-state index contributed by atoms with van der Waals surface area (Å²) in [6, 6.07) is 31.7. The molecule has 0 amide bonds. The Hall–Kier alpha value is -2.50. The van der Waals surface area contributed by atoms with Crippen LogP contribution in [0.4, 0.5) is 0 Å². The van der Waals surface area contributed by atoms with Crippen LogP contribution in [0.25, 0.3) is 43.1 Å². The third-order valence-corrected chi connectivity index (χ3v) is 8.05. The standard InChI is InChI=1S/C32H28.2C4H9.Zr/c1-3-21-19-25-15-13-23-9-5-7-11-27(23)31(25)29(21)17-18-30-22(4-2)20-26-16-14-24-10-6-8-12-28(24)32(26)30;2*1-3-4-2;/h5-16,19-20H,3-4,17-18H2,1-2H3;2*1,3-4H2,2H3;/q-2;2*-1;+4. The number of hydrogen-bond donors (Lipinski definition) is 0. The number of hydrogen-bond acceptors (Lipinski definition) is 0. The van der Waals surface area contributed by atoms with Crippen LogP contribution in [0.15, 0.2) is 84.9 Å². The molecule has 0 heterocycles. The molecule has 6 aromatic rings. The van der Waals surface area contributed by atoms with E-state index in [0.29, 0.717) is 0 Å². The molecule has 0 bridgehead atoms. The van der Waals surface area contributed by atoms with Gasteiger partial charge in [0, 0.05) is 0 Å². The average Bonchev–Trinajstić information content (AvgIpc) is 3.58. The number of benzene rings is 4. The Balaban J connectivity index is 0.000000459. The maximum Gasteiger partial charge on any atom is 4.00 e. The largest absolute Gasteiger partial charge is 4.00 e. The van der Waals surface area contributed by atoms with Gasteiger partial charge >= 0.3 is 26.2 Å². The van der Waals surface area contributed by atoms with Crippen molar-refractivity contribution >= 4 is 43.1 Å². The molecule has 0 saturated heterocycles. The number of fused-ring (bicyclic) bond motifs is 6. The molecule has 0 aliphatic rings. The normalized spacial score (nSPS) is 10.8. The smallest absolute Gasteiger partial charge is 0.343 e. The number of unbranched alkanes of at least 4 members (excludes halogenated alkanes) is 2. The topological polar surface area (TPSA) is 0 Å². The van der Waals surface area contributed by atoms with E-state index in [1.807, 2.05) is 0 Å². The third kappa shape index (κ3) is 7.29. The van der Waals surface area contributed by atoms with E-state index in [1.165, 1.54) is 67.1 Å². The molecule has 0 aromatic heterocycles. The molecule has 0 radical (unpaired) electrons. The summed E-state index contributed by atoms with van der Waals surface area (Å²) in [5.74, 6) is 0. The van der Waals surface area contributed by atoms with Crippen molar-refractivity contribution in [2.24, 2.45) is 0 Å². The van der Waals surface area contributed by atoms with Crippen LogP contribution in [0.2, 0.25) is 0 Å². The van der Waals surface area contributed by atoms with Crippen molar-refractivity contribution in [1.29, 1.82) is 0 Å². The van der Waals surface area contributed by atoms with E-state index in [-0.39, 0.29) is 26.2 Å². The molecule has 0 atom stereocenters. The quantitative estimate of drug-likeness (QED) is 0.156. The summed E-state index contributed by atoms with van der Waals surface area (Å²) >= 11 is 0. The molecule has 0 aliphatic heterocycles. The van der Waals surface area contributed by atoms with E-state index in [1.54, 1.807) is 11.1 Å². The molecule has 0 fully saturated rings. The molecule has 0 saturated carbocycles. The molecule has 0 N–H and O–H groups in total. The van der Waals surface area contributed by atoms with E-state index >= 15 is 0 Å². The van der Waals surface area contributed by atoms with Crippen LogP contribution in [-0.2, 0) is 51.9 Å². The molecule has 6 rings (SSSR count). The summed E-state index contributed by atoms with van der Waals surface area (Å²) in [6.07, 6.45) is 8.92. The molecule has 41 heavy (non-hydrogen) atoms. The van der Waals surface area contributed by atoms with Gasteiger partial charge in [-0.2, -0.15) is 24.0 Å². The van der Waals surface area contributed by atoms with Crippen molar-refractivity contribution in [2.75, 3.05) is 0 Å². The predicted octanol–water partition coefficient (Wildman–Crippen LogP) is 11.9. The SMILES string of the molecule is CCc1[cH-]c2ccc3ccccc3c2c1CCc1c(CC)[cH-]c2ccc3ccccc3c12.[CH2-]CCC.[CH2-]CCC.[Zr+4]. The number of aryl methyl sites for hydroxylation is 4. The van der Waals surface area contributed by atoms with Crippen LogP contribution in [0.1, 0.15) is 75.6 Å². The Labute approximate surface area is 268 Å². The summed E-state index contributed by atoms with van der Waals surface area (Å²) in [4.78, 5) is 0. The molecule has 0 nitrogen and oxygen atoms in total. The first kappa shape index (κ1) is 33.0. The van der Waals surface area contributed by atoms with E-state index in [0.717, 1.165) is 38.5 Å². The third-order valence-electron chi connectivity index (χ3n) is 8.05. The van der Waals surface area contributed by atoms with Gasteiger partial charge in [-0.3, -0.25) is 0 Å². The van der Waals surface area contributed by atoms with Crippen LogP contribution < -0.4 is 0 Å². The average molecular weight is 618 g/mol. The van der Waals surface area contributed by atoms with Gasteiger partial charge in [-0.05, 0) is 23.6 Å². The fourth-order valence-electron chi connectivity index (χ4n) is 5.81. The van der Waals surface area contributed by atoms with Gasteiger partial charge < -0.3 is 13.8 Å². The summed E-state index contributed by atoms with van der Waals surface area (Å²) < 4.78 is 0. The summed E-state index contributed by atoms with van der Waals surface area (Å²) in [5, 5.41) is 11.2. The Morgan fingerprint density at radius 1 is 0.537 bits per heavy atom. The second-order valence-electron chi connectivity index (χ2n) is 10.7. The Kier molecular flexibility index (Phi) is 13.1. The van der Waals surface area contributed by atoms with Gasteiger partial charge in [0.1, 0.15) is 0 Å². The first-order chi connectivity index (χ1) is 19.6. The van der Waals surface area contributed by atoms with Crippen molar-refractivity contribution in [3.05, 3.63) is 121 Å². The first-order valence-corrected chi connectivity index (χ1v) is 15.4. The first-order valence-electron chi connectivity index (χ1n) is 15.4. The molecular weight excluding hydrogens is 572 g/mol. The van der Waals surface area contributed by atoms with Crippen LogP contribution in [-0.4, -0.2) is 0 Å². The van der Waals surface area contributed by atoms with E-state index < -0.39 is 0 Å². The van der Waals surface area contributed by atoms with Crippen molar-refractivity contribution in [3.63, 3.8) is 0 Å². The molecule has 0 aliphatic carbocycles. The summed E-state index contributed by atoms with van der Waals surface area (Å²) in [5.41, 5.74) is 6.12. The van der Waals surface area contributed by atoms with Crippen LogP contribution in [0, 0.1) is 13.8 Å². The monoisotopic (exact) mass is 616 g/mol. The van der Waals surface area contributed by atoms with Gasteiger partial charge in [-0.1, -0.05) is 125 Å². The molecule has 1 heteroatoms. The molecule has 0 spiro atoms. The minimum absolute atomic E-state index is 0. The fraction of sp³-hybridized carbons (Fsp3) is 0.300. The molecule has 6 aromatic carbocycles. The second kappa shape index (κ2) is 16.2. The maximum absolute atomic E-state index is 3.60.